The molecule has 0 fully saturated rings. The van der Waals surface area contributed by atoms with Gasteiger partial charge in [0.2, 0.25) is 5.76 Å². The number of hydrogen-bond donors (Lipinski definition) is 2. The van der Waals surface area contributed by atoms with Crippen molar-refractivity contribution in [2.75, 3.05) is 0 Å². The SMILES string of the molecule is O=C(Oc1ccccc1C=NNC(=O)c1[nH]c2c(C(F)(F)F)cccc2c1-c1ccccc1)c1ccco1. The van der Waals surface area contributed by atoms with Gasteiger partial charge >= 0.3 is 12.1 Å². The highest BCUT2D eigenvalue weighted by molar-refractivity contribution is 6.10. The Labute approximate surface area is 213 Å². The number of aromatic nitrogens is 1. The first-order chi connectivity index (χ1) is 18.3. The van der Waals surface area contributed by atoms with Crippen molar-refractivity contribution in [2.24, 2.45) is 5.10 Å². The molecule has 190 valence electrons. The van der Waals surface area contributed by atoms with Gasteiger partial charge in [-0.25, -0.2) is 10.2 Å². The lowest BCUT2D eigenvalue weighted by atomic mass is 10.0. The van der Waals surface area contributed by atoms with E-state index in [1.54, 1.807) is 54.6 Å². The van der Waals surface area contributed by atoms with E-state index >= 15 is 0 Å². The summed E-state index contributed by atoms with van der Waals surface area (Å²) in [6, 6.07) is 21.9. The van der Waals surface area contributed by atoms with E-state index in [0.29, 0.717) is 16.7 Å². The zero-order valence-corrected chi connectivity index (χ0v) is 19.5. The minimum atomic E-state index is -4.62. The van der Waals surface area contributed by atoms with Crippen molar-refractivity contribution in [3.8, 4) is 16.9 Å². The smallest absolute Gasteiger partial charge is 0.418 e. The molecule has 2 aromatic heterocycles. The standard InChI is InChI=1S/C28H18F3N3O4/c29-28(30,31)20-12-6-11-19-23(17-8-2-1-3-9-17)25(33-24(19)20)26(35)34-32-16-18-10-4-5-13-21(18)38-27(36)22-14-7-15-37-22/h1-16,33H,(H,34,35). The summed E-state index contributed by atoms with van der Waals surface area (Å²) in [5.41, 5.74) is 2.40. The third-order valence-electron chi connectivity index (χ3n) is 5.64. The number of rotatable bonds is 6. The number of hydrogen-bond acceptors (Lipinski definition) is 5. The van der Waals surface area contributed by atoms with E-state index in [0.717, 1.165) is 6.07 Å². The van der Waals surface area contributed by atoms with Crippen LogP contribution in [0.2, 0.25) is 0 Å². The van der Waals surface area contributed by atoms with Gasteiger partial charge in [-0.05, 0) is 35.9 Å². The van der Waals surface area contributed by atoms with Crippen LogP contribution in [0.3, 0.4) is 0 Å². The third kappa shape index (κ3) is 4.92. The van der Waals surface area contributed by atoms with Crippen LogP contribution in [0.4, 0.5) is 13.2 Å². The molecule has 5 aromatic rings. The minimum absolute atomic E-state index is 0.00974. The Bertz CT molecular complexity index is 1640. The largest absolute Gasteiger partial charge is 0.457 e. The van der Waals surface area contributed by atoms with Gasteiger partial charge < -0.3 is 14.1 Å². The molecule has 0 aliphatic rings. The molecule has 0 saturated heterocycles. The van der Waals surface area contributed by atoms with Gasteiger partial charge in [0.1, 0.15) is 11.4 Å². The molecule has 0 aliphatic heterocycles. The molecule has 0 saturated carbocycles. The molecule has 38 heavy (non-hydrogen) atoms. The number of hydrazone groups is 1. The van der Waals surface area contributed by atoms with Gasteiger partial charge in [0.15, 0.2) is 0 Å². The molecule has 3 aromatic carbocycles. The Morgan fingerprint density at radius 3 is 2.42 bits per heavy atom. The fourth-order valence-electron chi connectivity index (χ4n) is 3.97. The Morgan fingerprint density at radius 2 is 1.68 bits per heavy atom. The highest BCUT2D eigenvalue weighted by Gasteiger charge is 2.34. The minimum Gasteiger partial charge on any atom is -0.457 e. The number of fused-ring (bicyclic) bond motifs is 1. The summed E-state index contributed by atoms with van der Waals surface area (Å²) in [6.07, 6.45) is -2.03. The second-order valence-corrected chi connectivity index (χ2v) is 8.07. The highest BCUT2D eigenvalue weighted by atomic mass is 19.4. The van der Waals surface area contributed by atoms with Gasteiger partial charge in [-0.3, -0.25) is 4.79 Å². The fraction of sp³-hybridized carbons (Fsp3) is 0.0357. The van der Waals surface area contributed by atoms with Gasteiger partial charge in [-0.15, -0.1) is 0 Å². The summed E-state index contributed by atoms with van der Waals surface area (Å²) < 4.78 is 51.4. The third-order valence-corrected chi connectivity index (χ3v) is 5.64. The van der Waals surface area contributed by atoms with Crippen molar-refractivity contribution in [3.05, 3.63) is 114 Å². The molecule has 1 amide bonds. The van der Waals surface area contributed by atoms with Gasteiger partial charge in [0.25, 0.3) is 5.91 Å². The summed E-state index contributed by atoms with van der Waals surface area (Å²) in [7, 11) is 0. The number of aromatic amines is 1. The second-order valence-electron chi connectivity index (χ2n) is 8.07. The molecule has 7 nitrogen and oxygen atoms in total. The summed E-state index contributed by atoms with van der Waals surface area (Å²) in [5.74, 6) is -1.30. The zero-order chi connectivity index (χ0) is 26.7. The normalized spacial score (nSPS) is 11.7. The number of furan rings is 1. The quantitative estimate of drug-likeness (QED) is 0.117. The Kier molecular flexibility index (Phi) is 6.53. The summed E-state index contributed by atoms with van der Waals surface area (Å²) >= 11 is 0. The molecule has 2 heterocycles. The monoisotopic (exact) mass is 517 g/mol. The average molecular weight is 517 g/mol. The molecule has 0 aliphatic carbocycles. The molecular formula is C28H18F3N3O4. The first kappa shape index (κ1) is 24.6. The van der Waals surface area contributed by atoms with Crippen LogP contribution < -0.4 is 10.2 Å². The first-order valence-corrected chi connectivity index (χ1v) is 11.3. The molecule has 0 bridgehead atoms. The van der Waals surface area contributed by atoms with Crippen LogP contribution in [0.25, 0.3) is 22.0 Å². The van der Waals surface area contributed by atoms with Crippen molar-refractivity contribution in [2.45, 2.75) is 6.18 Å². The number of halogens is 3. The lowest BCUT2D eigenvalue weighted by Gasteiger charge is -2.07. The van der Waals surface area contributed by atoms with Crippen LogP contribution in [0.15, 0.2) is 101 Å². The predicted molar refractivity (Wildman–Crippen MR) is 134 cm³/mol. The summed E-state index contributed by atoms with van der Waals surface area (Å²) in [5, 5.41) is 4.19. The number of nitrogens with zero attached hydrogens (tertiary/aromatic N) is 1. The molecule has 0 spiro atoms. The van der Waals surface area contributed by atoms with Crippen molar-refractivity contribution >= 4 is 29.0 Å². The van der Waals surface area contributed by atoms with Crippen LogP contribution in [0.1, 0.15) is 32.2 Å². The van der Waals surface area contributed by atoms with E-state index in [1.165, 1.54) is 36.7 Å². The zero-order valence-electron chi connectivity index (χ0n) is 19.5. The van der Waals surface area contributed by atoms with Crippen LogP contribution >= 0.6 is 0 Å². The predicted octanol–water partition coefficient (Wildman–Crippen LogP) is 6.43. The maximum absolute atomic E-state index is 13.7. The maximum atomic E-state index is 13.7. The van der Waals surface area contributed by atoms with Crippen LogP contribution in [0.5, 0.6) is 5.75 Å². The fourth-order valence-corrected chi connectivity index (χ4v) is 3.97. The lowest BCUT2D eigenvalue weighted by molar-refractivity contribution is -0.136. The Hall–Kier alpha value is -5.12. The van der Waals surface area contributed by atoms with E-state index in [1.807, 2.05) is 0 Å². The number of benzene rings is 3. The van der Waals surface area contributed by atoms with E-state index in [2.05, 4.69) is 15.5 Å². The Morgan fingerprint density at radius 1 is 0.921 bits per heavy atom. The molecule has 0 atom stereocenters. The highest BCUT2D eigenvalue weighted by Crippen LogP contribution is 2.39. The van der Waals surface area contributed by atoms with Gasteiger partial charge in [0.05, 0.1) is 23.6 Å². The number of carbonyl (C=O) groups is 2. The average Bonchev–Trinajstić information content (AvgIpc) is 3.58. The van der Waals surface area contributed by atoms with E-state index < -0.39 is 23.6 Å². The van der Waals surface area contributed by atoms with E-state index in [-0.39, 0.29) is 28.1 Å². The van der Waals surface area contributed by atoms with Gasteiger partial charge in [-0.1, -0.05) is 54.6 Å². The number of ether oxygens (including phenoxy) is 1. The molecule has 0 radical (unpaired) electrons. The van der Waals surface area contributed by atoms with Crippen molar-refractivity contribution < 1.29 is 31.9 Å². The number of amides is 1. The maximum Gasteiger partial charge on any atom is 0.418 e. The van der Waals surface area contributed by atoms with Crippen LogP contribution in [-0.2, 0) is 6.18 Å². The van der Waals surface area contributed by atoms with E-state index in [9.17, 15) is 22.8 Å². The number of nitrogens with one attached hydrogen (secondary N) is 2. The second kappa shape index (κ2) is 10.1. The van der Waals surface area contributed by atoms with Gasteiger partial charge in [0, 0.05) is 16.5 Å². The molecule has 10 heteroatoms. The number of esters is 1. The van der Waals surface area contributed by atoms with Gasteiger partial charge in [-0.2, -0.15) is 18.3 Å². The van der Waals surface area contributed by atoms with E-state index in [4.69, 9.17) is 9.15 Å². The number of alkyl halides is 3. The summed E-state index contributed by atoms with van der Waals surface area (Å²) in [4.78, 5) is 28.0. The number of para-hydroxylation sites is 2. The molecule has 5 rings (SSSR count). The molecular weight excluding hydrogens is 499 g/mol. The van der Waals surface area contributed by atoms with Crippen LogP contribution in [0, 0.1) is 0 Å². The van der Waals surface area contributed by atoms with Crippen molar-refractivity contribution in [1.82, 2.24) is 10.4 Å². The topological polar surface area (TPSA) is 96.7 Å². The number of H-pyrrole nitrogens is 1. The van der Waals surface area contributed by atoms with Crippen molar-refractivity contribution in [1.29, 1.82) is 0 Å². The number of carbonyl (C=O) groups excluding carboxylic acids is 2. The first-order valence-electron chi connectivity index (χ1n) is 11.3. The summed E-state index contributed by atoms with van der Waals surface area (Å²) in [6.45, 7) is 0. The molecule has 0 unspecified atom stereocenters. The lowest BCUT2D eigenvalue weighted by Crippen LogP contribution is -2.19. The van der Waals surface area contributed by atoms with Crippen LogP contribution in [-0.4, -0.2) is 23.1 Å². The van der Waals surface area contributed by atoms with Crippen molar-refractivity contribution in [3.63, 3.8) is 0 Å². The molecule has 2 N–H and O–H groups in total. The Balaban J connectivity index is 1.46.